The van der Waals surface area contributed by atoms with E-state index in [-0.39, 0.29) is 18.7 Å². The predicted octanol–water partition coefficient (Wildman–Crippen LogP) is 4.75. The van der Waals surface area contributed by atoms with Gasteiger partial charge in [0.15, 0.2) is 0 Å². The van der Waals surface area contributed by atoms with Gasteiger partial charge in [0.2, 0.25) is 5.91 Å². The molecule has 0 saturated heterocycles. The second kappa shape index (κ2) is 8.96. The van der Waals surface area contributed by atoms with Crippen LogP contribution in [0.1, 0.15) is 42.0 Å². The van der Waals surface area contributed by atoms with Gasteiger partial charge in [0.05, 0.1) is 30.8 Å². The molecule has 0 saturated carbocycles. The first-order valence-electron chi connectivity index (χ1n) is 10.2. The van der Waals surface area contributed by atoms with Gasteiger partial charge in [-0.25, -0.2) is 9.99 Å². The third kappa shape index (κ3) is 4.29. The van der Waals surface area contributed by atoms with Crippen molar-refractivity contribution in [1.82, 2.24) is 9.99 Å². The average molecular weight is 452 g/mol. The number of carbonyl (C=O) groups excluding carboxylic acids is 1. The van der Waals surface area contributed by atoms with Gasteiger partial charge in [0.1, 0.15) is 10.9 Å². The maximum Gasteiger partial charge on any atom is 0.303 e. The molecular formula is C24H22ClN3O4. The van der Waals surface area contributed by atoms with E-state index in [2.05, 4.69) is 10.1 Å². The number of hydrazone groups is 1. The number of aliphatic carboxylic acids is 1. The molecule has 4 rings (SSSR count). The number of para-hydroxylation sites is 1. The highest BCUT2D eigenvalue weighted by molar-refractivity contribution is 6.30. The zero-order valence-corrected chi connectivity index (χ0v) is 18.5. The molecule has 0 radical (unpaired) electrons. The monoisotopic (exact) mass is 451 g/mol. The molecule has 3 aromatic rings. The number of aromatic nitrogens is 1. The van der Waals surface area contributed by atoms with Crippen LogP contribution >= 0.6 is 11.6 Å². The van der Waals surface area contributed by atoms with Crippen molar-refractivity contribution in [2.75, 3.05) is 7.11 Å². The Bertz CT molecular complexity index is 1220. The molecule has 0 bridgehead atoms. The fourth-order valence-corrected chi connectivity index (χ4v) is 4.11. The minimum Gasteiger partial charge on any atom is -0.497 e. The third-order valence-corrected chi connectivity index (χ3v) is 5.83. The molecule has 0 spiro atoms. The molecule has 1 aliphatic rings. The number of carbonyl (C=O) groups is 2. The van der Waals surface area contributed by atoms with Crippen LogP contribution < -0.4 is 4.74 Å². The molecule has 8 heteroatoms. The maximum atomic E-state index is 12.9. The van der Waals surface area contributed by atoms with Crippen molar-refractivity contribution in [1.29, 1.82) is 0 Å². The van der Waals surface area contributed by atoms with E-state index in [1.165, 1.54) is 5.01 Å². The summed E-state index contributed by atoms with van der Waals surface area (Å²) in [5, 5.41) is 16.2. The van der Waals surface area contributed by atoms with Crippen molar-refractivity contribution in [2.45, 2.75) is 32.2 Å². The van der Waals surface area contributed by atoms with Crippen LogP contribution in [0, 0.1) is 6.92 Å². The largest absolute Gasteiger partial charge is 0.497 e. The van der Waals surface area contributed by atoms with Crippen LogP contribution in [0.2, 0.25) is 5.15 Å². The number of carboxylic acid groups (broad SMARTS) is 1. The van der Waals surface area contributed by atoms with E-state index in [9.17, 15) is 9.59 Å². The SMILES string of the molecule is COc1ccc(C2=NN(C(=O)CCC(=O)O)C(c3cc4cccc(C)c4nc3Cl)C2)cc1. The smallest absolute Gasteiger partial charge is 0.303 e. The van der Waals surface area contributed by atoms with E-state index in [4.69, 9.17) is 21.4 Å². The van der Waals surface area contributed by atoms with Crippen LogP contribution in [-0.2, 0) is 9.59 Å². The van der Waals surface area contributed by atoms with Gasteiger partial charge in [-0.05, 0) is 48.4 Å². The van der Waals surface area contributed by atoms with E-state index >= 15 is 0 Å². The van der Waals surface area contributed by atoms with Crippen LogP contribution in [-0.4, -0.2) is 39.8 Å². The molecule has 1 atom stereocenters. The summed E-state index contributed by atoms with van der Waals surface area (Å²) in [5.74, 6) is -0.689. The number of benzene rings is 2. The van der Waals surface area contributed by atoms with E-state index in [1.54, 1.807) is 7.11 Å². The Morgan fingerprint density at radius 3 is 2.62 bits per heavy atom. The summed E-state index contributed by atoms with van der Waals surface area (Å²) in [6.45, 7) is 1.97. The molecule has 0 aliphatic carbocycles. The van der Waals surface area contributed by atoms with Gasteiger partial charge in [-0.3, -0.25) is 9.59 Å². The fourth-order valence-electron chi connectivity index (χ4n) is 3.84. The standard InChI is InChI=1S/C24H22ClN3O4/c1-14-4-3-5-16-12-18(24(25)26-23(14)16)20-13-19(15-6-8-17(32-2)9-7-15)27-28(20)21(29)10-11-22(30)31/h3-9,12,20H,10-11,13H2,1-2H3,(H,30,31). The second-order valence-electron chi connectivity index (χ2n) is 7.64. The van der Waals surface area contributed by atoms with Crippen molar-refractivity contribution >= 4 is 40.1 Å². The minimum atomic E-state index is -1.03. The van der Waals surface area contributed by atoms with Gasteiger partial charge >= 0.3 is 5.97 Å². The van der Waals surface area contributed by atoms with E-state index in [1.807, 2.05) is 55.5 Å². The highest BCUT2D eigenvalue weighted by atomic mass is 35.5. The Morgan fingerprint density at radius 2 is 1.94 bits per heavy atom. The van der Waals surface area contributed by atoms with Gasteiger partial charge in [-0.2, -0.15) is 5.10 Å². The molecule has 1 unspecified atom stereocenters. The summed E-state index contributed by atoms with van der Waals surface area (Å²) in [4.78, 5) is 28.5. The first-order valence-corrected chi connectivity index (χ1v) is 10.6. The van der Waals surface area contributed by atoms with Gasteiger partial charge in [-0.15, -0.1) is 0 Å². The van der Waals surface area contributed by atoms with Crippen LogP contribution in [0.5, 0.6) is 5.75 Å². The molecular weight excluding hydrogens is 430 g/mol. The molecule has 0 fully saturated rings. The maximum absolute atomic E-state index is 12.9. The number of fused-ring (bicyclic) bond motifs is 1. The molecule has 164 valence electrons. The Morgan fingerprint density at radius 1 is 1.19 bits per heavy atom. The number of amides is 1. The number of rotatable bonds is 6. The summed E-state index contributed by atoms with van der Waals surface area (Å²) in [5.41, 5.74) is 4.05. The summed E-state index contributed by atoms with van der Waals surface area (Å²) in [7, 11) is 1.59. The summed E-state index contributed by atoms with van der Waals surface area (Å²) < 4.78 is 5.22. The third-order valence-electron chi connectivity index (χ3n) is 5.53. The molecule has 2 heterocycles. The van der Waals surface area contributed by atoms with Crippen LogP contribution in [0.25, 0.3) is 10.9 Å². The van der Waals surface area contributed by atoms with Gasteiger partial charge in [-0.1, -0.05) is 29.8 Å². The lowest BCUT2D eigenvalue weighted by atomic mass is 9.97. The number of ether oxygens (including phenoxy) is 1. The molecule has 1 aromatic heterocycles. The lowest BCUT2D eigenvalue weighted by molar-refractivity contribution is -0.141. The van der Waals surface area contributed by atoms with E-state index in [0.29, 0.717) is 22.8 Å². The van der Waals surface area contributed by atoms with Crippen molar-refractivity contribution in [3.8, 4) is 5.75 Å². The first-order chi connectivity index (χ1) is 15.4. The van der Waals surface area contributed by atoms with Gasteiger partial charge in [0, 0.05) is 23.8 Å². The van der Waals surface area contributed by atoms with Crippen molar-refractivity contribution in [2.24, 2.45) is 5.10 Å². The normalized spacial score (nSPS) is 15.7. The molecule has 1 N–H and O–H groups in total. The lowest BCUT2D eigenvalue weighted by Crippen LogP contribution is -2.27. The Labute approximate surface area is 190 Å². The van der Waals surface area contributed by atoms with Gasteiger partial charge in [0.25, 0.3) is 0 Å². The van der Waals surface area contributed by atoms with Crippen molar-refractivity contribution in [3.63, 3.8) is 0 Å². The number of methoxy groups -OCH3 is 1. The molecule has 1 amide bonds. The zero-order valence-electron chi connectivity index (χ0n) is 17.7. The topological polar surface area (TPSA) is 92.1 Å². The number of aryl methyl sites for hydroxylation is 1. The Hall–Kier alpha value is -3.45. The number of carboxylic acids is 1. The summed E-state index contributed by atoms with van der Waals surface area (Å²) in [6.07, 6.45) is 0.0190. The highest BCUT2D eigenvalue weighted by Gasteiger charge is 2.35. The van der Waals surface area contributed by atoms with Crippen molar-refractivity contribution in [3.05, 3.63) is 70.4 Å². The van der Waals surface area contributed by atoms with Crippen LogP contribution in [0.15, 0.2) is 53.6 Å². The lowest BCUT2D eigenvalue weighted by Gasteiger charge is -2.23. The van der Waals surface area contributed by atoms with Crippen LogP contribution in [0.3, 0.4) is 0 Å². The summed E-state index contributed by atoms with van der Waals surface area (Å²) in [6, 6.07) is 14.7. The molecule has 32 heavy (non-hydrogen) atoms. The van der Waals surface area contributed by atoms with Crippen LogP contribution in [0.4, 0.5) is 0 Å². The number of nitrogens with zero attached hydrogens (tertiary/aromatic N) is 3. The number of pyridine rings is 1. The quantitative estimate of drug-likeness (QED) is 0.546. The summed E-state index contributed by atoms with van der Waals surface area (Å²) >= 11 is 6.58. The number of hydrogen-bond donors (Lipinski definition) is 1. The van der Waals surface area contributed by atoms with E-state index < -0.39 is 12.0 Å². The first kappa shape index (κ1) is 21.8. The minimum absolute atomic E-state index is 0.150. The predicted molar refractivity (Wildman–Crippen MR) is 122 cm³/mol. The fraction of sp³-hybridized carbons (Fsp3) is 0.250. The molecule has 2 aromatic carbocycles. The molecule has 1 aliphatic heterocycles. The van der Waals surface area contributed by atoms with Gasteiger partial charge < -0.3 is 9.84 Å². The highest BCUT2D eigenvalue weighted by Crippen LogP contribution is 2.38. The number of hydrogen-bond acceptors (Lipinski definition) is 5. The zero-order chi connectivity index (χ0) is 22.8. The molecule has 7 nitrogen and oxygen atoms in total. The Balaban J connectivity index is 1.73. The average Bonchev–Trinajstić information content (AvgIpc) is 3.23. The second-order valence-corrected chi connectivity index (χ2v) is 8.00. The number of halogens is 1. The van der Waals surface area contributed by atoms with Crippen molar-refractivity contribution < 1.29 is 19.4 Å². The van der Waals surface area contributed by atoms with E-state index in [0.717, 1.165) is 27.8 Å². The Kier molecular flexibility index (Phi) is 6.10.